The summed E-state index contributed by atoms with van der Waals surface area (Å²) < 4.78 is 10.7. The molecule has 0 aromatic heterocycles. The summed E-state index contributed by atoms with van der Waals surface area (Å²) >= 11 is 0. The zero-order valence-corrected chi connectivity index (χ0v) is 14.7. The first-order chi connectivity index (χ1) is 11.7. The van der Waals surface area contributed by atoms with Gasteiger partial charge in [-0.05, 0) is 50.6 Å². The lowest BCUT2D eigenvalue weighted by atomic mass is 10.0. The van der Waals surface area contributed by atoms with E-state index < -0.39 is 6.10 Å². The lowest BCUT2D eigenvalue weighted by Crippen LogP contribution is -2.41. The minimum Gasteiger partial charge on any atom is -0.497 e. The summed E-state index contributed by atoms with van der Waals surface area (Å²) in [5, 5.41) is 3.02. The third-order valence-corrected chi connectivity index (χ3v) is 4.36. The van der Waals surface area contributed by atoms with Gasteiger partial charge >= 0.3 is 0 Å². The molecule has 2 rings (SSSR count). The van der Waals surface area contributed by atoms with Gasteiger partial charge in [0.25, 0.3) is 0 Å². The Hall–Kier alpha value is -1.85. The molecule has 1 aliphatic heterocycles. The number of nitrogens with one attached hydrogen (secondary N) is 1. The van der Waals surface area contributed by atoms with E-state index in [-0.39, 0.29) is 11.9 Å². The largest absolute Gasteiger partial charge is 0.497 e. The lowest BCUT2D eigenvalue weighted by molar-refractivity contribution is -0.131. The summed E-state index contributed by atoms with van der Waals surface area (Å²) in [6.45, 7) is 8.41. The van der Waals surface area contributed by atoms with Crippen molar-refractivity contribution in [2.45, 2.75) is 31.9 Å². The number of nitrogens with zero attached hydrogens (tertiary/aromatic N) is 1. The van der Waals surface area contributed by atoms with E-state index in [0.29, 0.717) is 13.2 Å². The maximum absolute atomic E-state index is 12.2. The summed E-state index contributed by atoms with van der Waals surface area (Å²) in [4.78, 5) is 14.6. The molecule has 0 spiro atoms. The zero-order chi connectivity index (χ0) is 17.4. The van der Waals surface area contributed by atoms with Crippen molar-refractivity contribution in [2.75, 3.05) is 33.4 Å². The molecule has 1 amide bonds. The van der Waals surface area contributed by atoms with Crippen molar-refractivity contribution >= 4 is 5.91 Å². The molecule has 24 heavy (non-hydrogen) atoms. The molecule has 1 aliphatic rings. The molecule has 1 fully saturated rings. The second kappa shape index (κ2) is 9.45. The van der Waals surface area contributed by atoms with Gasteiger partial charge in [-0.3, -0.25) is 9.69 Å². The Morgan fingerprint density at radius 3 is 2.83 bits per heavy atom. The Kier molecular flexibility index (Phi) is 7.28. The van der Waals surface area contributed by atoms with E-state index in [1.165, 1.54) is 12.8 Å². The van der Waals surface area contributed by atoms with Crippen molar-refractivity contribution in [1.29, 1.82) is 0 Å². The first kappa shape index (κ1) is 18.5. The number of methoxy groups -OCH3 is 1. The summed E-state index contributed by atoms with van der Waals surface area (Å²) in [6.07, 6.45) is 3.57. The average molecular weight is 332 g/mol. The predicted octanol–water partition coefficient (Wildman–Crippen LogP) is 2.54. The molecule has 0 aliphatic carbocycles. The van der Waals surface area contributed by atoms with Crippen molar-refractivity contribution in [3.05, 3.63) is 42.5 Å². The number of carbonyl (C=O) groups excluding carboxylic acids is 1. The van der Waals surface area contributed by atoms with E-state index in [2.05, 4.69) is 22.9 Å². The van der Waals surface area contributed by atoms with E-state index in [4.69, 9.17) is 9.47 Å². The van der Waals surface area contributed by atoms with Gasteiger partial charge in [-0.2, -0.15) is 0 Å². The topological polar surface area (TPSA) is 50.8 Å². The predicted molar refractivity (Wildman–Crippen MR) is 95.2 cm³/mol. The lowest BCUT2D eigenvalue weighted by Gasteiger charge is -2.29. The van der Waals surface area contributed by atoms with Crippen LogP contribution in [0.5, 0.6) is 5.75 Å². The number of benzene rings is 1. The highest BCUT2D eigenvalue weighted by molar-refractivity contribution is 5.80. The highest BCUT2D eigenvalue weighted by Crippen LogP contribution is 2.27. The van der Waals surface area contributed by atoms with Gasteiger partial charge in [0, 0.05) is 6.54 Å². The molecule has 5 heteroatoms. The van der Waals surface area contributed by atoms with E-state index >= 15 is 0 Å². The fourth-order valence-electron chi connectivity index (χ4n) is 2.99. The van der Waals surface area contributed by atoms with Crippen LogP contribution in [0.25, 0.3) is 0 Å². The minimum absolute atomic E-state index is 0.0936. The fraction of sp³-hybridized carbons (Fsp3) is 0.526. The third kappa shape index (κ3) is 5.08. The Morgan fingerprint density at radius 1 is 1.42 bits per heavy atom. The zero-order valence-electron chi connectivity index (χ0n) is 14.7. The summed E-state index contributed by atoms with van der Waals surface area (Å²) in [5.74, 6) is 0.745. The number of ether oxygens (including phenoxy) is 2. The van der Waals surface area contributed by atoms with Crippen LogP contribution >= 0.6 is 0 Å². The molecule has 0 bridgehead atoms. The number of likely N-dealkylation sites (tertiary alicyclic amines) is 1. The van der Waals surface area contributed by atoms with Crippen molar-refractivity contribution in [3.8, 4) is 5.75 Å². The standard InChI is InChI=1S/C19H28N2O3/c1-4-12-24-15(2)19(22)20-14-18(21-10-5-6-11-21)16-8-7-9-17(13-16)23-3/h4,7-9,13,15,18H,1,5-6,10-12,14H2,2-3H3,(H,20,22)/t15-,18-/m1/s1. The highest BCUT2D eigenvalue weighted by Gasteiger charge is 2.25. The molecular formula is C19H28N2O3. The van der Waals surface area contributed by atoms with Crippen LogP contribution < -0.4 is 10.1 Å². The Labute approximate surface area is 144 Å². The van der Waals surface area contributed by atoms with Crippen molar-refractivity contribution < 1.29 is 14.3 Å². The third-order valence-electron chi connectivity index (χ3n) is 4.36. The monoisotopic (exact) mass is 332 g/mol. The second-order valence-corrected chi connectivity index (χ2v) is 6.04. The SMILES string of the molecule is C=CCO[C@H](C)C(=O)NC[C@H](c1cccc(OC)c1)N1CCCC1. The Balaban J connectivity index is 2.03. The maximum atomic E-state index is 12.2. The summed E-state index contributed by atoms with van der Waals surface area (Å²) in [5.41, 5.74) is 1.16. The van der Waals surface area contributed by atoms with Gasteiger partial charge in [0.15, 0.2) is 0 Å². The normalized spacial score (nSPS) is 17.2. The van der Waals surface area contributed by atoms with Crippen LogP contribution in [0.15, 0.2) is 36.9 Å². The fourth-order valence-corrected chi connectivity index (χ4v) is 2.99. The van der Waals surface area contributed by atoms with Crippen molar-refractivity contribution in [1.82, 2.24) is 10.2 Å². The summed E-state index contributed by atoms with van der Waals surface area (Å²) in [7, 11) is 1.67. The number of rotatable bonds is 9. The highest BCUT2D eigenvalue weighted by atomic mass is 16.5. The van der Waals surface area contributed by atoms with Gasteiger partial charge in [0.2, 0.25) is 5.91 Å². The second-order valence-electron chi connectivity index (χ2n) is 6.04. The molecule has 1 saturated heterocycles. The van der Waals surface area contributed by atoms with Crippen LogP contribution in [-0.4, -0.2) is 50.3 Å². The molecule has 1 aromatic rings. The van der Waals surface area contributed by atoms with Crippen molar-refractivity contribution in [2.24, 2.45) is 0 Å². The first-order valence-corrected chi connectivity index (χ1v) is 8.54. The van der Waals surface area contributed by atoms with Gasteiger partial charge in [-0.25, -0.2) is 0 Å². The molecule has 0 unspecified atom stereocenters. The average Bonchev–Trinajstić information content (AvgIpc) is 3.14. The number of hydrogen-bond donors (Lipinski definition) is 1. The number of amides is 1. The van der Waals surface area contributed by atoms with Crippen LogP contribution in [0.4, 0.5) is 0 Å². The molecule has 5 nitrogen and oxygen atoms in total. The van der Waals surface area contributed by atoms with Crippen LogP contribution in [0.2, 0.25) is 0 Å². The van der Waals surface area contributed by atoms with Crippen LogP contribution in [0.3, 0.4) is 0 Å². The number of carbonyl (C=O) groups is 1. The molecule has 1 N–H and O–H groups in total. The van der Waals surface area contributed by atoms with Gasteiger partial charge < -0.3 is 14.8 Å². The molecule has 1 heterocycles. The number of hydrogen-bond acceptors (Lipinski definition) is 4. The molecule has 0 saturated carbocycles. The molecule has 1 aromatic carbocycles. The van der Waals surface area contributed by atoms with E-state index in [1.807, 2.05) is 18.2 Å². The maximum Gasteiger partial charge on any atom is 0.248 e. The minimum atomic E-state index is -0.479. The van der Waals surface area contributed by atoms with Gasteiger partial charge in [0.05, 0.1) is 19.8 Å². The molecule has 0 radical (unpaired) electrons. The Morgan fingerprint density at radius 2 is 2.17 bits per heavy atom. The van der Waals surface area contributed by atoms with Gasteiger partial charge in [-0.1, -0.05) is 18.2 Å². The van der Waals surface area contributed by atoms with E-state index in [1.54, 1.807) is 20.1 Å². The van der Waals surface area contributed by atoms with Crippen LogP contribution in [-0.2, 0) is 9.53 Å². The first-order valence-electron chi connectivity index (χ1n) is 8.54. The van der Waals surface area contributed by atoms with Crippen LogP contribution in [0.1, 0.15) is 31.4 Å². The molecule has 132 valence electrons. The van der Waals surface area contributed by atoms with Crippen LogP contribution in [0, 0.1) is 0 Å². The van der Waals surface area contributed by atoms with E-state index in [0.717, 1.165) is 24.4 Å². The quantitative estimate of drug-likeness (QED) is 0.706. The van der Waals surface area contributed by atoms with Gasteiger partial charge in [-0.15, -0.1) is 6.58 Å². The molecular weight excluding hydrogens is 304 g/mol. The van der Waals surface area contributed by atoms with Crippen molar-refractivity contribution in [3.63, 3.8) is 0 Å². The van der Waals surface area contributed by atoms with E-state index in [9.17, 15) is 4.79 Å². The Bertz CT molecular complexity index is 541. The van der Waals surface area contributed by atoms with Gasteiger partial charge in [0.1, 0.15) is 11.9 Å². The molecule has 2 atom stereocenters. The summed E-state index contributed by atoms with van der Waals surface area (Å²) in [6, 6.07) is 8.23. The smallest absolute Gasteiger partial charge is 0.248 e.